The predicted octanol–water partition coefficient (Wildman–Crippen LogP) is 3.48. The highest BCUT2D eigenvalue weighted by molar-refractivity contribution is 14.1. The summed E-state index contributed by atoms with van der Waals surface area (Å²) in [7, 11) is 0. The SMILES string of the molecule is FC(F)(F)Oc1ccc(I)c(S)c1. The van der Waals surface area contributed by atoms with Gasteiger partial charge in [-0.05, 0) is 40.8 Å². The van der Waals surface area contributed by atoms with Gasteiger partial charge in [0.2, 0.25) is 0 Å². The lowest BCUT2D eigenvalue weighted by Crippen LogP contribution is -2.17. The molecule has 72 valence electrons. The maximum absolute atomic E-state index is 11.7. The maximum atomic E-state index is 11.7. The summed E-state index contributed by atoms with van der Waals surface area (Å²) in [6.45, 7) is 0. The molecule has 0 radical (unpaired) electrons. The van der Waals surface area contributed by atoms with E-state index in [2.05, 4.69) is 17.4 Å². The Bertz CT molecular complexity index is 313. The van der Waals surface area contributed by atoms with Gasteiger partial charge in [0, 0.05) is 8.47 Å². The van der Waals surface area contributed by atoms with Gasteiger partial charge in [0.25, 0.3) is 0 Å². The lowest BCUT2D eigenvalue weighted by Gasteiger charge is -2.09. The van der Waals surface area contributed by atoms with Gasteiger partial charge in [-0.2, -0.15) is 0 Å². The van der Waals surface area contributed by atoms with E-state index in [-0.39, 0.29) is 5.75 Å². The number of benzene rings is 1. The fraction of sp³-hybridized carbons (Fsp3) is 0.143. The average molecular weight is 320 g/mol. The van der Waals surface area contributed by atoms with Gasteiger partial charge < -0.3 is 4.74 Å². The van der Waals surface area contributed by atoms with Crippen LogP contribution in [0.15, 0.2) is 23.1 Å². The first-order valence-corrected chi connectivity index (χ1v) is 4.65. The molecule has 0 unspecified atom stereocenters. The Kier molecular flexibility index (Phi) is 3.33. The lowest BCUT2D eigenvalue weighted by molar-refractivity contribution is -0.274. The number of thiol groups is 1. The molecule has 0 saturated carbocycles. The van der Waals surface area contributed by atoms with E-state index in [0.29, 0.717) is 4.90 Å². The van der Waals surface area contributed by atoms with Crippen LogP contribution in [0.25, 0.3) is 0 Å². The number of rotatable bonds is 1. The Morgan fingerprint density at radius 1 is 1.31 bits per heavy atom. The van der Waals surface area contributed by atoms with Crippen molar-refractivity contribution >= 4 is 35.2 Å². The minimum absolute atomic E-state index is 0.252. The smallest absolute Gasteiger partial charge is 0.406 e. The largest absolute Gasteiger partial charge is 0.573 e. The molecule has 0 amide bonds. The summed E-state index contributed by atoms with van der Waals surface area (Å²) in [5.41, 5.74) is 0. The zero-order valence-electron chi connectivity index (χ0n) is 6.10. The topological polar surface area (TPSA) is 9.23 Å². The van der Waals surface area contributed by atoms with Crippen LogP contribution in [-0.2, 0) is 0 Å². The van der Waals surface area contributed by atoms with Crippen LogP contribution in [0.5, 0.6) is 5.75 Å². The van der Waals surface area contributed by atoms with Gasteiger partial charge in [-0.3, -0.25) is 0 Å². The molecule has 1 aromatic rings. The fourth-order valence-corrected chi connectivity index (χ4v) is 1.23. The minimum Gasteiger partial charge on any atom is -0.406 e. The molecule has 0 aromatic heterocycles. The highest BCUT2D eigenvalue weighted by atomic mass is 127. The first kappa shape index (κ1) is 11.0. The number of alkyl halides is 3. The Labute approximate surface area is 91.8 Å². The standard InChI is InChI=1S/C7H4F3IOS/c8-7(9,10)12-4-1-2-5(11)6(13)3-4/h1-3,13H. The van der Waals surface area contributed by atoms with Crippen LogP contribution in [0.1, 0.15) is 0 Å². The maximum Gasteiger partial charge on any atom is 0.573 e. The number of ether oxygens (including phenoxy) is 1. The van der Waals surface area contributed by atoms with Crippen LogP contribution in [0.3, 0.4) is 0 Å². The van der Waals surface area contributed by atoms with E-state index in [1.165, 1.54) is 18.2 Å². The zero-order chi connectivity index (χ0) is 10.1. The third kappa shape index (κ3) is 3.63. The predicted molar refractivity (Wildman–Crippen MR) is 53.1 cm³/mol. The van der Waals surface area contributed by atoms with E-state index in [9.17, 15) is 13.2 Å². The molecule has 6 heteroatoms. The van der Waals surface area contributed by atoms with Gasteiger partial charge in [0.05, 0.1) is 0 Å². The summed E-state index contributed by atoms with van der Waals surface area (Å²) in [6.07, 6.45) is -4.65. The van der Waals surface area contributed by atoms with Crippen molar-refractivity contribution in [1.82, 2.24) is 0 Å². The van der Waals surface area contributed by atoms with Crippen LogP contribution in [0.4, 0.5) is 13.2 Å². The summed E-state index contributed by atoms with van der Waals surface area (Å²) in [5.74, 6) is -0.252. The molecule has 1 rings (SSSR count). The van der Waals surface area contributed by atoms with Crippen LogP contribution in [-0.4, -0.2) is 6.36 Å². The summed E-state index contributed by atoms with van der Waals surface area (Å²) in [5, 5.41) is 0. The van der Waals surface area contributed by atoms with Gasteiger partial charge in [0.15, 0.2) is 0 Å². The number of hydrogen-bond donors (Lipinski definition) is 1. The van der Waals surface area contributed by atoms with Crippen molar-refractivity contribution in [1.29, 1.82) is 0 Å². The van der Waals surface area contributed by atoms with Crippen molar-refractivity contribution in [2.45, 2.75) is 11.3 Å². The minimum atomic E-state index is -4.65. The van der Waals surface area contributed by atoms with E-state index < -0.39 is 6.36 Å². The normalized spacial score (nSPS) is 11.5. The third-order valence-corrected chi connectivity index (χ3v) is 2.89. The van der Waals surface area contributed by atoms with E-state index in [4.69, 9.17) is 0 Å². The van der Waals surface area contributed by atoms with E-state index in [1.54, 1.807) is 0 Å². The molecule has 0 atom stereocenters. The monoisotopic (exact) mass is 320 g/mol. The van der Waals surface area contributed by atoms with Gasteiger partial charge in [-0.25, -0.2) is 0 Å². The van der Waals surface area contributed by atoms with Crippen LogP contribution in [0.2, 0.25) is 0 Å². The van der Waals surface area contributed by atoms with Crippen LogP contribution < -0.4 is 4.74 Å². The molecule has 1 nitrogen and oxygen atoms in total. The van der Waals surface area contributed by atoms with E-state index >= 15 is 0 Å². The van der Waals surface area contributed by atoms with Crippen LogP contribution >= 0.6 is 35.2 Å². The van der Waals surface area contributed by atoms with Crippen molar-refractivity contribution in [3.05, 3.63) is 21.8 Å². The van der Waals surface area contributed by atoms with Crippen molar-refractivity contribution in [3.63, 3.8) is 0 Å². The molecule has 0 aliphatic rings. The number of hydrogen-bond acceptors (Lipinski definition) is 2. The van der Waals surface area contributed by atoms with Crippen molar-refractivity contribution < 1.29 is 17.9 Å². The second kappa shape index (κ2) is 3.95. The van der Waals surface area contributed by atoms with E-state index in [0.717, 1.165) is 3.57 Å². The zero-order valence-corrected chi connectivity index (χ0v) is 9.15. The summed E-state index contributed by atoms with van der Waals surface area (Å²) < 4.78 is 39.6. The first-order chi connectivity index (χ1) is 5.88. The van der Waals surface area contributed by atoms with Gasteiger partial charge in [-0.15, -0.1) is 25.8 Å². The molecular weight excluding hydrogens is 316 g/mol. The molecule has 1 aromatic carbocycles. The Hall–Kier alpha value is -0.110. The van der Waals surface area contributed by atoms with Gasteiger partial charge in [-0.1, -0.05) is 0 Å². The molecule has 0 fully saturated rings. The second-order valence-corrected chi connectivity index (χ2v) is 3.81. The molecular formula is C7H4F3IOS. The number of halogens is 4. The Balaban J connectivity index is 2.86. The highest BCUT2D eigenvalue weighted by Gasteiger charge is 2.31. The van der Waals surface area contributed by atoms with Crippen molar-refractivity contribution in [2.24, 2.45) is 0 Å². The van der Waals surface area contributed by atoms with Gasteiger partial charge >= 0.3 is 6.36 Å². The molecule has 13 heavy (non-hydrogen) atoms. The molecule has 0 spiro atoms. The summed E-state index contributed by atoms with van der Waals surface area (Å²) >= 11 is 5.93. The van der Waals surface area contributed by atoms with E-state index in [1.807, 2.05) is 22.6 Å². The lowest BCUT2D eigenvalue weighted by atomic mass is 10.3. The first-order valence-electron chi connectivity index (χ1n) is 3.13. The van der Waals surface area contributed by atoms with Gasteiger partial charge in [0.1, 0.15) is 5.75 Å². The molecule has 0 bridgehead atoms. The molecule has 0 aliphatic carbocycles. The molecule has 0 aliphatic heterocycles. The molecule has 0 saturated heterocycles. The summed E-state index contributed by atoms with van der Waals surface area (Å²) in [6, 6.07) is 3.97. The highest BCUT2D eigenvalue weighted by Crippen LogP contribution is 2.27. The Morgan fingerprint density at radius 2 is 1.92 bits per heavy atom. The average Bonchev–Trinajstić information content (AvgIpc) is 1.94. The fourth-order valence-electron chi connectivity index (χ4n) is 0.690. The van der Waals surface area contributed by atoms with Crippen molar-refractivity contribution in [2.75, 3.05) is 0 Å². The second-order valence-electron chi connectivity index (χ2n) is 2.16. The Morgan fingerprint density at radius 3 is 2.38 bits per heavy atom. The molecule has 0 heterocycles. The molecule has 0 N–H and O–H groups in total. The van der Waals surface area contributed by atoms with Crippen LogP contribution in [0, 0.1) is 3.57 Å². The van der Waals surface area contributed by atoms with Crippen molar-refractivity contribution in [3.8, 4) is 5.75 Å². The third-order valence-electron chi connectivity index (χ3n) is 1.15. The summed E-state index contributed by atoms with van der Waals surface area (Å²) in [4.78, 5) is 0.461. The quantitative estimate of drug-likeness (QED) is 0.616.